The van der Waals surface area contributed by atoms with E-state index in [-0.39, 0.29) is 41.5 Å². The number of hydrogen-bond donors (Lipinski definition) is 0. The minimum atomic E-state index is -3.16. The van der Waals surface area contributed by atoms with Crippen molar-refractivity contribution in [3.8, 4) is 17.2 Å². The Hall–Kier alpha value is -3.53. The van der Waals surface area contributed by atoms with Gasteiger partial charge in [-0.2, -0.15) is 8.78 Å². The van der Waals surface area contributed by atoms with Gasteiger partial charge in [-0.1, -0.05) is 30.3 Å². The number of carbonyl (C=O) groups excluding carboxylic acids is 1. The molecule has 0 N–H and O–H groups in total. The molecule has 0 aliphatic heterocycles. The molecule has 1 aromatic heterocycles. The SMILES string of the molecule is CCOC(=O)Cc1ccc(-n2sc3c(OC(C)C)c4ccccc4c(OC(F)F)c3c2=O)cc1F. The third-order valence-corrected chi connectivity index (χ3v) is 6.26. The summed E-state index contributed by atoms with van der Waals surface area (Å²) in [5, 5.41) is 0.725. The van der Waals surface area contributed by atoms with Crippen molar-refractivity contribution in [2.75, 3.05) is 6.61 Å². The zero-order valence-electron chi connectivity index (χ0n) is 19.1. The number of nitrogens with zero attached hydrogens (tertiary/aromatic N) is 1. The fourth-order valence-electron chi connectivity index (χ4n) is 3.78. The van der Waals surface area contributed by atoms with Crippen molar-refractivity contribution in [1.82, 2.24) is 3.96 Å². The predicted octanol–water partition coefficient (Wildman–Crippen LogP) is 5.84. The van der Waals surface area contributed by atoms with Crippen LogP contribution in [0.4, 0.5) is 13.2 Å². The maximum atomic E-state index is 14.8. The molecule has 0 spiro atoms. The average Bonchev–Trinajstić information content (AvgIpc) is 3.14. The number of hydrogen-bond acceptors (Lipinski definition) is 6. The summed E-state index contributed by atoms with van der Waals surface area (Å²) >= 11 is 0.934. The highest BCUT2D eigenvalue weighted by Crippen LogP contribution is 2.44. The maximum absolute atomic E-state index is 14.8. The monoisotopic (exact) mass is 505 g/mol. The van der Waals surface area contributed by atoms with Gasteiger partial charge in [-0.05, 0) is 50.0 Å². The van der Waals surface area contributed by atoms with Crippen LogP contribution in [-0.4, -0.2) is 29.2 Å². The number of esters is 1. The molecule has 1 heterocycles. The number of fused-ring (bicyclic) bond motifs is 2. The molecule has 184 valence electrons. The lowest BCUT2D eigenvalue weighted by Gasteiger charge is -2.16. The molecule has 0 amide bonds. The van der Waals surface area contributed by atoms with Crippen molar-refractivity contribution in [2.24, 2.45) is 0 Å². The first-order valence-corrected chi connectivity index (χ1v) is 11.6. The Kier molecular flexibility index (Phi) is 7.02. The number of rotatable bonds is 8. The molecule has 0 bridgehead atoms. The van der Waals surface area contributed by atoms with E-state index in [1.54, 1.807) is 31.2 Å². The molecule has 35 heavy (non-hydrogen) atoms. The normalized spacial score (nSPS) is 11.5. The zero-order valence-corrected chi connectivity index (χ0v) is 20.0. The summed E-state index contributed by atoms with van der Waals surface area (Å²) in [7, 11) is 0. The molecule has 10 heteroatoms. The van der Waals surface area contributed by atoms with Crippen LogP contribution in [0.25, 0.3) is 26.5 Å². The van der Waals surface area contributed by atoms with Gasteiger partial charge in [0.15, 0.2) is 0 Å². The van der Waals surface area contributed by atoms with E-state index in [9.17, 15) is 22.8 Å². The summed E-state index contributed by atoms with van der Waals surface area (Å²) in [6.45, 7) is 2.28. The molecular formula is C25H22F3NO5S. The van der Waals surface area contributed by atoms with E-state index in [1.807, 2.05) is 13.8 Å². The Morgan fingerprint density at radius 1 is 1.06 bits per heavy atom. The Labute approximate surface area is 202 Å². The molecule has 3 aromatic carbocycles. The first-order valence-electron chi connectivity index (χ1n) is 10.9. The molecule has 0 aliphatic rings. The molecule has 4 aromatic rings. The molecule has 0 saturated carbocycles. The van der Waals surface area contributed by atoms with E-state index in [0.717, 1.165) is 17.6 Å². The minimum absolute atomic E-state index is 0.0827. The fourth-order valence-corrected chi connectivity index (χ4v) is 4.86. The highest BCUT2D eigenvalue weighted by molar-refractivity contribution is 7.14. The van der Waals surface area contributed by atoms with Crippen molar-refractivity contribution in [3.63, 3.8) is 0 Å². The van der Waals surface area contributed by atoms with Gasteiger partial charge in [0.05, 0.1) is 24.8 Å². The zero-order chi connectivity index (χ0) is 25.3. The lowest BCUT2D eigenvalue weighted by Crippen LogP contribution is -2.14. The second kappa shape index (κ2) is 9.99. The van der Waals surface area contributed by atoms with Crippen LogP contribution < -0.4 is 15.0 Å². The van der Waals surface area contributed by atoms with Crippen molar-refractivity contribution in [1.29, 1.82) is 0 Å². The van der Waals surface area contributed by atoms with Gasteiger partial charge in [-0.25, -0.2) is 8.35 Å². The first-order chi connectivity index (χ1) is 16.7. The molecule has 0 atom stereocenters. The topological polar surface area (TPSA) is 66.8 Å². The second-order valence-corrected chi connectivity index (χ2v) is 8.86. The van der Waals surface area contributed by atoms with E-state index in [2.05, 4.69) is 0 Å². The fraction of sp³-hybridized carbons (Fsp3) is 0.280. The molecule has 0 radical (unpaired) electrons. The Bertz CT molecular complexity index is 1460. The second-order valence-electron chi connectivity index (χ2n) is 7.90. The summed E-state index contributed by atoms with van der Waals surface area (Å²) in [5.74, 6) is -1.18. The lowest BCUT2D eigenvalue weighted by molar-refractivity contribution is -0.142. The summed E-state index contributed by atoms with van der Waals surface area (Å²) in [4.78, 5) is 25.2. The van der Waals surface area contributed by atoms with Crippen LogP contribution in [0.5, 0.6) is 11.5 Å². The van der Waals surface area contributed by atoms with E-state index < -0.39 is 24.0 Å². The van der Waals surface area contributed by atoms with Crippen LogP contribution in [0.2, 0.25) is 0 Å². The van der Waals surface area contributed by atoms with Crippen molar-refractivity contribution >= 4 is 38.4 Å². The van der Waals surface area contributed by atoms with Crippen LogP contribution in [0.3, 0.4) is 0 Å². The number of alkyl halides is 2. The van der Waals surface area contributed by atoms with E-state index in [0.29, 0.717) is 21.2 Å². The van der Waals surface area contributed by atoms with Gasteiger partial charge >= 0.3 is 12.6 Å². The largest absolute Gasteiger partial charge is 0.489 e. The Morgan fingerprint density at radius 3 is 2.34 bits per heavy atom. The highest BCUT2D eigenvalue weighted by atomic mass is 32.1. The minimum Gasteiger partial charge on any atom is -0.489 e. The van der Waals surface area contributed by atoms with Gasteiger partial charge in [-0.3, -0.25) is 9.59 Å². The number of benzene rings is 3. The molecule has 0 saturated heterocycles. The number of halogens is 3. The van der Waals surface area contributed by atoms with Gasteiger partial charge in [0.2, 0.25) is 0 Å². The van der Waals surface area contributed by atoms with Gasteiger partial charge < -0.3 is 14.2 Å². The molecule has 0 fully saturated rings. The third-order valence-electron chi connectivity index (χ3n) is 5.13. The van der Waals surface area contributed by atoms with Crippen LogP contribution in [-0.2, 0) is 16.0 Å². The number of ether oxygens (including phenoxy) is 3. The van der Waals surface area contributed by atoms with Crippen LogP contribution >= 0.6 is 11.5 Å². The summed E-state index contributed by atoms with van der Waals surface area (Å²) in [5.41, 5.74) is -0.376. The third kappa shape index (κ3) is 4.84. The smallest absolute Gasteiger partial charge is 0.387 e. The summed E-state index contributed by atoms with van der Waals surface area (Å²) < 4.78 is 58.7. The van der Waals surface area contributed by atoms with Crippen molar-refractivity contribution in [3.05, 3.63) is 64.2 Å². The molecular weight excluding hydrogens is 483 g/mol. The van der Waals surface area contributed by atoms with Gasteiger partial charge in [-0.15, -0.1) is 0 Å². The molecule has 0 aliphatic carbocycles. The molecule has 0 unspecified atom stereocenters. The molecule has 4 rings (SSSR count). The molecule has 6 nitrogen and oxygen atoms in total. The van der Waals surface area contributed by atoms with Gasteiger partial charge in [0.25, 0.3) is 5.56 Å². The van der Waals surface area contributed by atoms with Gasteiger partial charge in [0, 0.05) is 10.8 Å². The van der Waals surface area contributed by atoms with Crippen LogP contribution in [0, 0.1) is 5.82 Å². The number of carbonyl (C=O) groups is 1. The lowest BCUT2D eigenvalue weighted by atomic mass is 10.1. The standard InChI is InChI=1S/C25H22F3NO5S/c1-4-32-19(30)11-14-9-10-15(12-18(14)26)29-24(31)20-21(34-25(27)28)16-7-5-6-8-17(16)22(23(20)35-29)33-13(2)3/h5-10,12-13,25H,4,11H2,1-3H3. The summed E-state index contributed by atoms with van der Waals surface area (Å²) in [6, 6.07) is 10.6. The first kappa shape index (κ1) is 24.6. The van der Waals surface area contributed by atoms with Crippen molar-refractivity contribution < 1.29 is 32.2 Å². The predicted molar refractivity (Wildman–Crippen MR) is 128 cm³/mol. The van der Waals surface area contributed by atoms with Crippen molar-refractivity contribution in [2.45, 2.75) is 39.9 Å². The maximum Gasteiger partial charge on any atom is 0.387 e. The summed E-state index contributed by atoms with van der Waals surface area (Å²) in [6.07, 6.45) is -0.528. The number of aromatic nitrogens is 1. The Morgan fingerprint density at radius 2 is 1.74 bits per heavy atom. The van der Waals surface area contributed by atoms with E-state index in [1.165, 1.54) is 16.1 Å². The van der Waals surface area contributed by atoms with Crippen LogP contribution in [0.15, 0.2) is 47.3 Å². The van der Waals surface area contributed by atoms with E-state index in [4.69, 9.17) is 14.2 Å². The van der Waals surface area contributed by atoms with E-state index >= 15 is 0 Å². The Balaban J connectivity index is 1.95. The van der Waals surface area contributed by atoms with Crippen LogP contribution in [0.1, 0.15) is 26.3 Å². The average molecular weight is 506 g/mol. The highest BCUT2D eigenvalue weighted by Gasteiger charge is 2.25. The van der Waals surface area contributed by atoms with Gasteiger partial charge in [0.1, 0.15) is 27.4 Å². The quantitative estimate of drug-likeness (QED) is 0.282.